The highest BCUT2D eigenvalue weighted by atomic mass is 16.5. The third-order valence-electron chi connectivity index (χ3n) is 5.48. The maximum atomic E-state index is 13.0. The summed E-state index contributed by atoms with van der Waals surface area (Å²) in [5.74, 6) is 1.25. The van der Waals surface area contributed by atoms with Crippen molar-refractivity contribution in [3.8, 4) is 11.5 Å². The summed E-state index contributed by atoms with van der Waals surface area (Å²) < 4.78 is 10.5. The monoisotopic (exact) mass is 410 g/mol. The van der Waals surface area contributed by atoms with Gasteiger partial charge < -0.3 is 19.3 Å². The third kappa shape index (κ3) is 5.53. The third-order valence-corrected chi connectivity index (χ3v) is 5.48. The molecule has 1 saturated heterocycles. The van der Waals surface area contributed by atoms with Gasteiger partial charge in [-0.3, -0.25) is 9.59 Å². The SMILES string of the molecule is COc1cc(OC)cc(C(=O)N2CCCN(C(=O)CCc3ccc(C)cc3)CC2)c1. The van der Waals surface area contributed by atoms with Crippen LogP contribution >= 0.6 is 0 Å². The number of ether oxygens (including phenoxy) is 2. The van der Waals surface area contributed by atoms with E-state index in [1.807, 2.05) is 9.80 Å². The molecule has 0 unspecified atom stereocenters. The molecule has 0 saturated carbocycles. The summed E-state index contributed by atoms with van der Waals surface area (Å²) in [5.41, 5.74) is 2.92. The molecule has 1 fully saturated rings. The van der Waals surface area contributed by atoms with Crippen LogP contribution in [0.2, 0.25) is 0 Å². The normalized spacial score (nSPS) is 14.2. The molecule has 0 bridgehead atoms. The van der Waals surface area contributed by atoms with Crippen molar-refractivity contribution in [2.24, 2.45) is 0 Å². The van der Waals surface area contributed by atoms with E-state index < -0.39 is 0 Å². The maximum absolute atomic E-state index is 13.0. The quantitative estimate of drug-likeness (QED) is 0.733. The zero-order valence-corrected chi connectivity index (χ0v) is 18.0. The number of hydrogen-bond donors (Lipinski definition) is 0. The molecule has 0 atom stereocenters. The Morgan fingerprint density at radius 2 is 1.47 bits per heavy atom. The predicted octanol–water partition coefficient (Wildman–Crippen LogP) is 3.32. The second kappa shape index (κ2) is 10.1. The minimum absolute atomic E-state index is 0.0684. The highest BCUT2D eigenvalue weighted by Crippen LogP contribution is 2.24. The van der Waals surface area contributed by atoms with E-state index in [1.54, 1.807) is 32.4 Å². The van der Waals surface area contributed by atoms with Crippen LogP contribution in [0.15, 0.2) is 42.5 Å². The molecule has 2 aromatic rings. The Hall–Kier alpha value is -3.02. The fourth-order valence-corrected chi connectivity index (χ4v) is 3.65. The van der Waals surface area contributed by atoms with Crippen molar-refractivity contribution < 1.29 is 19.1 Å². The van der Waals surface area contributed by atoms with E-state index in [0.717, 1.165) is 12.8 Å². The molecule has 1 aliphatic heterocycles. The molecule has 3 rings (SSSR count). The number of nitrogens with zero attached hydrogens (tertiary/aromatic N) is 2. The molecule has 6 heteroatoms. The summed E-state index contributed by atoms with van der Waals surface area (Å²) in [6.45, 7) is 4.44. The van der Waals surface area contributed by atoms with Crippen molar-refractivity contribution in [3.63, 3.8) is 0 Å². The number of carbonyl (C=O) groups is 2. The van der Waals surface area contributed by atoms with Gasteiger partial charge in [-0.25, -0.2) is 0 Å². The number of aryl methyl sites for hydroxylation is 2. The van der Waals surface area contributed by atoms with E-state index in [9.17, 15) is 9.59 Å². The Balaban J connectivity index is 1.58. The van der Waals surface area contributed by atoms with Crippen LogP contribution in [0.5, 0.6) is 11.5 Å². The zero-order chi connectivity index (χ0) is 21.5. The van der Waals surface area contributed by atoms with Gasteiger partial charge in [-0.1, -0.05) is 29.8 Å². The second-order valence-electron chi connectivity index (χ2n) is 7.61. The van der Waals surface area contributed by atoms with Gasteiger partial charge in [0, 0.05) is 44.2 Å². The average Bonchev–Trinajstić information content (AvgIpc) is 3.04. The smallest absolute Gasteiger partial charge is 0.254 e. The van der Waals surface area contributed by atoms with E-state index in [1.165, 1.54) is 11.1 Å². The molecule has 0 N–H and O–H groups in total. The van der Waals surface area contributed by atoms with Crippen molar-refractivity contribution in [1.82, 2.24) is 9.80 Å². The van der Waals surface area contributed by atoms with Crippen LogP contribution in [-0.4, -0.2) is 62.0 Å². The Morgan fingerprint density at radius 1 is 0.867 bits per heavy atom. The number of carbonyl (C=O) groups excluding carboxylic acids is 2. The lowest BCUT2D eigenvalue weighted by Gasteiger charge is -2.22. The molecule has 0 radical (unpaired) electrons. The highest BCUT2D eigenvalue weighted by Gasteiger charge is 2.23. The molecule has 1 aliphatic rings. The highest BCUT2D eigenvalue weighted by molar-refractivity contribution is 5.95. The second-order valence-corrected chi connectivity index (χ2v) is 7.61. The summed E-state index contributed by atoms with van der Waals surface area (Å²) >= 11 is 0. The number of rotatable bonds is 6. The molecule has 0 aromatic heterocycles. The van der Waals surface area contributed by atoms with Gasteiger partial charge in [0.2, 0.25) is 5.91 Å². The average molecular weight is 411 g/mol. The Labute approximate surface area is 178 Å². The molecule has 2 aromatic carbocycles. The first-order chi connectivity index (χ1) is 14.5. The predicted molar refractivity (Wildman–Crippen MR) is 116 cm³/mol. The van der Waals surface area contributed by atoms with Crippen molar-refractivity contribution in [2.75, 3.05) is 40.4 Å². The summed E-state index contributed by atoms with van der Waals surface area (Å²) in [7, 11) is 3.13. The van der Waals surface area contributed by atoms with Crippen molar-refractivity contribution in [2.45, 2.75) is 26.2 Å². The van der Waals surface area contributed by atoms with E-state index >= 15 is 0 Å². The van der Waals surface area contributed by atoms with Crippen LogP contribution < -0.4 is 9.47 Å². The van der Waals surface area contributed by atoms with E-state index in [2.05, 4.69) is 31.2 Å². The number of amides is 2. The summed E-state index contributed by atoms with van der Waals surface area (Å²) in [6, 6.07) is 13.5. The fourth-order valence-electron chi connectivity index (χ4n) is 3.65. The number of methoxy groups -OCH3 is 2. The van der Waals surface area contributed by atoms with E-state index in [4.69, 9.17) is 9.47 Å². The van der Waals surface area contributed by atoms with Crippen LogP contribution in [0.4, 0.5) is 0 Å². The van der Waals surface area contributed by atoms with Gasteiger partial charge in [-0.15, -0.1) is 0 Å². The molecule has 30 heavy (non-hydrogen) atoms. The lowest BCUT2D eigenvalue weighted by molar-refractivity contribution is -0.131. The van der Waals surface area contributed by atoms with Crippen LogP contribution in [0.1, 0.15) is 34.3 Å². The molecule has 0 aliphatic carbocycles. The number of hydrogen-bond acceptors (Lipinski definition) is 4. The van der Waals surface area contributed by atoms with E-state index in [-0.39, 0.29) is 11.8 Å². The Bertz CT molecular complexity index is 857. The van der Waals surface area contributed by atoms with E-state index in [0.29, 0.717) is 49.7 Å². The van der Waals surface area contributed by atoms with Gasteiger partial charge in [0.15, 0.2) is 0 Å². The molecule has 1 heterocycles. The van der Waals surface area contributed by atoms with Gasteiger partial charge >= 0.3 is 0 Å². The topological polar surface area (TPSA) is 59.1 Å². The van der Waals surface area contributed by atoms with Gasteiger partial charge in [0.1, 0.15) is 11.5 Å². The summed E-state index contributed by atoms with van der Waals surface area (Å²) in [4.78, 5) is 29.4. The molecule has 160 valence electrons. The standard InChI is InChI=1S/C24H30N2O4/c1-18-5-7-19(8-6-18)9-10-23(27)25-11-4-12-26(14-13-25)24(28)20-15-21(29-2)17-22(16-20)30-3/h5-8,15-17H,4,9-14H2,1-3H3. The van der Waals surface area contributed by atoms with Crippen molar-refractivity contribution >= 4 is 11.8 Å². The van der Waals surface area contributed by atoms with Gasteiger partial charge in [0.05, 0.1) is 14.2 Å². The van der Waals surface area contributed by atoms with Crippen molar-refractivity contribution in [1.29, 1.82) is 0 Å². The summed E-state index contributed by atoms with van der Waals surface area (Å²) in [5, 5.41) is 0. The largest absolute Gasteiger partial charge is 0.497 e. The van der Waals surface area contributed by atoms with Gasteiger partial charge in [-0.2, -0.15) is 0 Å². The first kappa shape index (κ1) is 21.7. The lowest BCUT2D eigenvalue weighted by atomic mass is 10.1. The first-order valence-electron chi connectivity index (χ1n) is 10.4. The molecular weight excluding hydrogens is 380 g/mol. The van der Waals surface area contributed by atoms with Crippen LogP contribution in [-0.2, 0) is 11.2 Å². The minimum atomic E-state index is -0.0684. The molecule has 0 spiro atoms. The number of benzene rings is 2. The van der Waals surface area contributed by atoms with Gasteiger partial charge in [0.25, 0.3) is 5.91 Å². The molecule has 2 amide bonds. The van der Waals surface area contributed by atoms with Crippen molar-refractivity contribution in [3.05, 3.63) is 59.2 Å². The maximum Gasteiger partial charge on any atom is 0.254 e. The zero-order valence-electron chi connectivity index (χ0n) is 18.0. The lowest BCUT2D eigenvalue weighted by Crippen LogP contribution is -2.37. The van der Waals surface area contributed by atoms with Crippen LogP contribution in [0.3, 0.4) is 0 Å². The molecule has 6 nitrogen and oxygen atoms in total. The van der Waals surface area contributed by atoms with Crippen LogP contribution in [0.25, 0.3) is 0 Å². The van der Waals surface area contributed by atoms with Gasteiger partial charge in [-0.05, 0) is 37.5 Å². The first-order valence-corrected chi connectivity index (χ1v) is 10.4. The molecular formula is C24H30N2O4. The van der Waals surface area contributed by atoms with Crippen LogP contribution in [0, 0.1) is 6.92 Å². The fraction of sp³-hybridized carbons (Fsp3) is 0.417. The summed E-state index contributed by atoms with van der Waals surface area (Å²) in [6.07, 6.45) is 2.00. The minimum Gasteiger partial charge on any atom is -0.497 e. The Morgan fingerprint density at radius 3 is 2.10 bits per heavy atom. The Kier molecular flexibility index (Phi) is 7.33.